The van der Waals surface area contributed by atoms with Crippen LogP contribution < -0.4 is 10.6 Å². The van der Waals surface area contributed by atoms with Crippen LogP contribution in [0.1, 0.15) is 10.4 Å². The van der Waals surface area contributed by atoms with Gasteiger partial charge in [-0.3, -0.25) is 0 Å². The maximum atomic E-state index is 13.2. The molecule has 2 amide bonds. The van der Waals surface area contributed by atoms with Crippen LogP contribution in [0.2, 0.25) is 0 Å². The van der Waals surface area contributed by atoms with Crippen molar-refractivity contribution in [2.24, 2.45) is 0 Å². The summed E-state index contributed by atoms with van der Waals surface area (Å²) in [5.74, 6) is -1.90. The Bertz CT molecular complexity index is 706. The Balaban J connectivity index is 2.16. The van der Waals surface area contributed by atoms with E-state index in [0.29, 0.717) is 5.69 Å². The van der Waals surface area contributed by atoms with Crippen molar-refractivity contribution in [1.82, 2.24) is 0 Å². The third-order valence-corrected chi connectivity index (χ3v) is 3.04. The fraction of sp³-hybridized carbons (Fsp3) is 0. The van der Waals surface area contributed by atoms with E-state index in [1.165, 1.54) is 0 Å². The van der Waals surface area contributed by atoms with Crippen molar-refractivity contribution < 1.29 is 19.1 Å². The predicted octanol–water partition coefficient (Wildman–Crippen LogP) is 3.93. The summed E-state index contributed by atoms with van der Waals surface area (Å²) in [6.45, 7) is 0. The van der Waals surface area contributed by atoms with E-state index in [0.717, 1.165) is 22.7 Å². The number of aromatic carboxylic acids is 1. The van der Waals surface area contributed by atoms with Gasteiger partial charge in [0.1, 0.15) is 5.82 Å². The first-order valence-corrected chi connectivity index (χ1v) is 6.61. The van der Waals surface area contributed by atoms with Crippen molar-refractivity contribution in [3.05, 3.63) is 58.3 Å². The van der Waals surface area contributed by atoms with Crippen LogP contribution in [0.15, 0.2) is 46.9 Å². The van der Waals surface area contributed by atoms with Crippen LogP contribution in [-0.2, 0) is 0 Å². The van der Waals surface area contributed by atoms with E-state index in [1.54, 1.807) is 24.3 Å². The summed E-state index contributed by atoms with van der Waals surface area (Å²) in [5, 5.41) is 13.8. The van der Waals surface area contributed by atoms with Gasteiger partial charge in [0.05, 0.1) is 11.3 Å². The van der Waals surface area contributed by atoms with E-state index in [9.17, 15) is 14.0 Å². The molecule has 0 heterocycles. The summed E-state index contributed by atoms with van der Waals surface area (Å²) < 4.78 is 13.9. The fourth-order valence-electron chi connectivity index (χ4n) is 1.66. The minimum atomic E-state index is -1.26. The standard InChI is InChI=1S/C14H10BrFN2O3/c15-8-2-1-3-10(6-8)17-14(21)18-12-7-9(16)4-5-11(12)13(19)20/h1-7H,(H,19,20)(H2,17,18,21). The lowest BCUT2D eigenvalue weighted by molar-refractivity contribution is 0.0698. The van der Waals surface area contributed by atoms with Crippen LogP contribution in [0.25, 0.3) is 0 Å². The summed E-state index contributed by atoms with van der Waals surface area (Å²) in [7, 11) is 0. The Labute approximate surface area is 127 Å². The van der Waals surface area contributed by atoms with Crippen LogP contribution in [0.4, 0.5) is 20.6 Å². The molecular weight excluding hydrogens is 343 g/mol. The van der Waals surface area contributed by atoms with Crippen molar-refractivity contribution in [3.63, 3.8) is 0 Å². The third kappa shape index (κ3) is 4.03. The zero-order valence-corrected chi connectivity index (χ0v) is 12.1. The molecule has 0 saturated heterocycles. The number of nitrogens with one attached hydrogen (secondary N) is 2. The second-order valence-corrected chi connectivity index (χ2v) is 5.00. The van der Waals surface area contributed by atoms with Gasteiger partial charge in [-0.25, -0.2) is 14.0 Å². The Morgan fingerprint density at radius 2 is 1.86 bits per heavy atom. The molecule has 3 N–H and O–H groups in total. The first kappa shape index (κ1) is 15.0. The minimum Gasteiger partial charge on any atom is -0.478 e. The number of hydrogen-bond donors (Lipinski definition) is 3. The lowest BCUT2D eigenvalue weighted by Gasteiger charge is -2.10. The van der Waals surface area contributed by atoms with Gasteiger partial charge in [0.2, 0.25) is 0 Å². The molecule has 108 valence electrons. The zero-order valence-electron chi connectivity index (χ0n) is 10.6. The number of amides is 2. The second-order valence-electron chi connectivity index (χ2n) is 4.08. The Morgan fingerprint density at radius 3 is 2.52 bits per heavy atom. The molecule has 0 saturated carbocycles. The highest BCUT2D eigenvalue weighted by Gasteiger charge is 2.13. The smallest absolute Gasteiger partial charge is 0.337 e. The average Bonchev–Trinajstić information content (AvgIpc) is 2.38. The van der Waals surface area contributed by atoms with E-state index in [1.807, 2.05) is 0 Å². The number of anilines is 2. The van der Waals surface area contributed by atoms with E-state index in [4.69, 9.17) is 5.11 Å². The molecule has 0 aromatic heterocycles. The number of carbonyl (C=O) groups is 2. The fourth-order valence-corrected chi connectivity index (χ4v) is 2.06. The lowest BCUT2D eigenvalue weighted by Crippen LogP contribution is -2.21. The quantitative estimate of drug-likeness (QED) is 0.782. The van der Waals surface area contributed by atoms with Gasteiger partial charge in [0.15, 0.2) is 0 Å². The Kier molecular flexibility index (Phi) is 4.54. The molecule has 2 aromatic rings. The topological polar surface area (TPSA) is 78.4 Å². The SMILES string of the molecule is O=C(Nc1cccc(Br)c1)Nc1cc(F)ccc1C(=O)O. The van der Waals surface area contributed by atoms with Gasteiger partial charge in [-0.2, -0.15) is 0 Å². The monoisotopic (exact) mass is 352 g/mol. The highest BCUT2D eigenvalue weighted by molar-refractivity contribution is 9.10. The van der Waals surface area contributed by atoms with E-state index in [2.05, 4.69) is 26.6 Å². The molecular formula is C14H10BrFN2O3. The van der Waals surface area contributed by atoms with Crippen LogP contribution in [0.3, 0.4) is 0 Å². The Hall–Kier alpha value is -2.41. The summed E-state index contributed by atoms with van der Waals surface area (Å²) in [4.78, 5) is 22.8. The molecule has 0 aliphatic heterocycles. The largest absolute Gasteiger partial charge is 0.478 e. The molecule has 0 radical (unpaired) electrons. The molecule has 0 unspecified atom stereocenters. The first-order chi connectivity index (χ1) is 9.95. The first-order valence-electron chi connectivity index (χ1n) is 5.82. The second kappa shape index (κ2) is 6.36. The van der Waals surface area contributed by atoms with Gasteiger partial charge in [-0.05, 0) is 36.4 Å². The zero-order chi connectivity index (χ0) is 15.4. The third-order valence-electron chi connectivity index (χ3n) is 2.54. The lowest BCUT2D eigenvalue weighted by atomic mass is 10.2. The molecule has 0 aliphatic carbocycles. The van der Waals surface area contributed by atoms with Crippen LogP contribution in [-0.4, -0.2) is 17.1 Å². The molecule has 7 heteroatoms. The van der Waals surface area contributed by atoms with E-state index < -0.39 is 17.8 Å². The summed E-state index contributed by atoms with van der Waals surface area (Å²) >= 11 is 3.26. The van der Waals surface area contributed by atoms with E-state index in [-0.39, 0.29) is 11.3 Å². The van der Waals surface area contributed by atoms with Gasteiger partial charge in [-0.15, -0.1) is 0 Å². The minimum absolute atomic E-state index is 0.116. The molecule has 2 aromatic carbocycles. The van der Waals surface area contributed by atoms with Gasteiger partial charge < -0.3 is 15.7 Å². The van der Waals surface area contributed by atoms with Crippen LogP contribution in [0, 0.1) is 5.82 Å². The average molecular weight is 353 g/mol. The molecule has 5 nitrogen and oxygen atoms in total. The number of carboxylic acid groups (broad SMARTS) is 1. The molecule has 0 spiro atoms. The normalized spacial score (nSPS) is 10.0. The molecule has 2 rings (SSSR count). The maximum Gasteiger partial charge on any atom is 0.337 e. The number of halogens is 2. The van der Waals surface area contributed by atoms with Crippen molar-refractivity contribution in [3.8, 4) is 0 Å². The number of benzene rings is 2. The van der Waals surface area contributed by atoms with Crippen molar-refractivity contribution in [2.75, 3.05) is 10.6 Å². The summed E-state index contributed by atoms with van der Waals surface area (Å²) in [6.07, 6.45) is 0. The van der Waals surface area contributed by atoms with Crippen LogP contribution >= 0.6 is 15.9 Å². The molecule has 0 bridgehead atoms. The van der Waals surface area contributed by atoms with Crippen molar-refractivity contribution in [2.45, 2.75) is 0 Å². The van der Waals surface area contributed by atoms with E-state index >= 15 is 0 Å². The number of hydrogen-bond acceptors (Lipinski definition) is 2. The number of carboxylic acids is 1. The van der Waals surface area contributed by atoms with Crippen molar-refractivity contribution >= 4 is 39.3 Å². The molecule has 0 fully saturated rings. The molecule has 0 atom stereocenters. The van der Waals surface area contributed by atoms with Gasteiger partial charge >= 0.3 is 12.0 Å². The highest BCUT2D eigenvalue weighted by atomic mass is 79.9. The molecule has 0 aliphatic rings. The van der Waals surface area contributed by atoms with Gasteiger partial charge in [0.25, 0.3) is 0 Å². The Morgan fingerprint density at radius 1 is 1.10 bits per heavy atom. The number of carbonyl (C=O) groups excluding carboxylic acids is 1. The number of urea groups is 1. The predicted molar refractivity (Wildman–Crippen MR) is 80.1 cm³/mol. The van der Waals surface area contributed by atoms with Crippen molar-refractivity contribution in [1.29, 1.82) is 0 Å². The highest BCUT2D eigenvalue weighted by Crippen LogP contribution is 2.19. The molecule has 21 heavy (non-hydrogen) atoms. The number of rotatable bonds is 3. The summed E-state index contributed by atoms with van der Waals surface area (Å²) in [6, 6.07) is 9.23. The van der Waals surface area contributed by atoms with Gasteiger partial charge in [0, 0.05) is 10.2 Å². The van der Waals surface area contributed by atoms with Crippen LogP contribution in [0.5, 0.6) is 0 Å². The summed E-state index contributed by atoms with van der Waals surface area (Å²) in [5.41, 5.74) is 0.200. The maximum absolute atomic E-state index is 13.2. The van der Waals surface area contributed by atoms with Gasteiger partial charge in [-0.1, -0.05) is 22.0 Å².